The van der Waals surface area contributed by atoms with Crippen LogP contribution in [0, 0.1) is 52.6 Å². The molecule has 0 saturated heterocycles. The lowest BCUT2D eigenvalue weighted by Crippen LogP contribution is -2.05. The van der Waals surface area contributed by atoms with Crippen LogP contribution < -0.4 is 0 Å². The molecule has 0 fully saturated rings. The molecule has 0 aromatic heterocycles. The Morgan fingerprint density at radius 1 is 0.550 bits per heavy atom. The highest BCUT2D eigenvalue weighted by Crippen LogP contribution is 2.34. The van der Waals surface area contributed by atoms with Crippen LogP contribution >= 0.6 is 0 Å². The Hall–Kier alpha value is -2.12. The Bertz CT molecular complexity index is 681. The molecule has 2 rings (SSSR count). The van der Waals surface area contributed by atoms with Crippen molar-refractivity contribution in [3.05, 3.63) is 58.7 Å². The van der Waals surface area contributed by atoms with Crippen molar-refractivity contribution < 1.29 is 35.1 Å². The predicted octanol–water partition coefficient (Wildman–Crippen LogP) is 4.27. The van der Waals surface area contributed by atoms with E-state index in [0.717, 1.165) is 6.07 Å². The summed E-state index contributed by atoms with van der Waals surface area (Å²) >= 11 is 0. The fraction of sp³-hybridized carbons (Fsp3) is 0. The van der Waals surface area contributed by atoms with Gasteiger partial charge in [0.15, 0.2) is 40.7 Å². The van der Waals surface area contributed by atoms with E-state index in [1.54, 1.807) is 0 Å². The van der Waals surface area contributed by atoms with E-state index in [0.29, 0.717) is 0 Å². The van der Waals surface area contributed by atoms with Crippen LogP contribution in [0.4, 0.5) is 35.1 Å². The third-order valence-corrected chi connectivity index (χ3v) is 2.41. The average molecular weight is 297 g/mol. The Labute approximate surface area is 106 Å². The number of rotatable bonds is 1. The van der Waals surface area contributed by atoms with Gasteiger partial charge in [0.1, 0.15) is 5.82 Å². The second-order valence-corrected chi connectivity index (χ2v) is 3.60. The van der Waals surface area contributed by atoms with Gasteiger partial charge >= 0.3 is 0 Å². The van der Waals surface area contributed by atoms with Crippen molar-refractivity contribution in [3.8, 4) is 11.1 Å². The summed E-state index contributed by atoms with van der Waals surface area (Å²) in [5.74, 6) is -17.0. The lowest BCUT2D eigenvalue weighted by Gasteiger charge is -2.10. The summed E-state index contributed by atoms with van der Waals surface area (Å²) in [6.45, 7) is 0. The van der Waals surface area contributed by atoms with Crippen LogP contribution in [0.3, 0.4) is 0 Å². The smallest absolute Gasteiger partial charge is 0.195 e. The first kappa shape index (κ1) is 14.3. The molecule has 2 aromatic carbocycles. The Morgan fingerprint density at radius 2 is 1.05 bits per heavy atom. The topological polar surface area (TPSA) is 0 Å². The van der Waals surface area contributed by atoms with Crippen molar-refractivity contribution in [2.75, 3.05) is 0 Å². The van der Waals surface area contributed by atoms with Gasteiger partial charge in [0, 0.05) is 6.07 Å². The number of benzene rings is 2. The Morgan fingerprint density at radius 3 is 1.55 bits per heavy atom. The molecule has 0 saturated carbocycles. The molecule has 0 spiro atoms. The first-order valence-corrected chi connectivity index (χ1v) is 4.84. The molecular weight excluding hydrogens is 296 g/mol. The Kier molecular flexibility index (Phi) is 3.41. The molecule has 2 aromatic rings. The highest BCUT2D eigenvalue weighted by Gasteiger charge is 2.28. The fourth-order valence-electron chi connectivity index (χ4n) is 1.54. The summed E-state index contributed by atoms with van der Waals surface area (Å²) in [4.78, 5) is 0. The molecule has 0 amide bonds. The molecule has 0 heterocycles. The van der Waals surface area contributed by atoms with E-state index >= 15 is 0 Å². The van der Waals surface area contributed by atoms with E-state index in [4.69, 9.17) is 0 Å². The lowest BCUT2D eigenvalue weighted by molar-refractivity contribution is 0.430. The van der Waals surface area contributed by atoms with E-state index in [2.05, 4.69) is 0 Å². The summed E-state index contributed by atoms with van der Waals surface area (Å²) in [5.41, 5.74) is -3.58. The summed E-state index contributed by atoms with van der Waals surface area (Å²) in [6.07, 6.45) is 0. The maximum Gasteiger partial charge on any atom is 0.195 e. The largest absolute Gasteiger partial charge is 0.206 e. The quantitative estimate of drug-likeness (QED) is 0.419. The zero-order valence-electron chi connectivity index (χ0n) is 9.10. The zero-order valence-corrected chi connectivity index (χ0v) is 9.10. The van der Waals surface area contributed by atoms with E-state index < -0.39 is 57.7 Å². The van der Waals surface area contributed by atoms with Crippen molar-refractivity contribution in [1.82, 2.24) is 0 Å². The second kappa shape index (κ2) is 4.77. The molecule has 0 aliphatic rings. The van der Waals surface area contributed by atoms with E-state index in [1.807, 2.05) is 0 Å². The fourth-order valence-corrected chi connectivity index (χ4v) is 1.54. The number of hydrogen-bond acceptors (Lipinski definition) is 0. The maximum atomic E-state index is 13.4. The Balaban J connectivity index is 2.93. The maximum absolute atomic E-state index is 13.4. The minimum absolute atomic E-state index is 0.209. The third kappa shape index (κ3) is 2.00. The highest BCUT2D eigenvalue weighted by molar-refractivity contribution is 5.66. The van der Waals surface area contributed by atoms with Crippen LogP contribution in [0.15, 0.2) is 6.07 Å². The molecular formula is C12HF8. The van der Waals surface area contributed by atoms with Crippen LogP contribution in [-0.4, -0.2) is 0 Å². The minimum atomic E-state index is -2.31. The van der Waals surface area contributed by atoms with Gasteiger partial charge in [0.05, 0.1) is 17.2 Å². The molecule has 0 N–H and O–H groups in total. The van der Waals surface area contributed by atoms with Gasteiger partial charge in [0.25, 0.3) is 0 Å². The molecule has 0 aliphatic heterocycles. The molecule has 1 radical (unpaired) electrons. The molecule has 0 atom stereocenters. The van der Waals surface area contributed by atoms with Gasteiger partial charge in [-0.15, -0.1) is 0 Å². The first-order chi connectivity index (χ1) is 9.25. The standard InChI is InChI=1S/C12HF8/c13-3-1-6(16)11(19)12(20)7(3)8-9(17)4(14)2-5(15)10(8)18/h1H. The number of hydrogen-bond donors (Lipinski definition) is 0. The van der Waals surface area contributed by atoms with Crippen molar-refractivity contribution in [2.24, 2.45) is 0 Å². The van der Waals surface area contributed by atoms with Gasteiger partial charge in [-0.05, 0) is 0 Å². The highest BCUT2D eigenvalue weighted by atomic mass is 19.2. The van der Waals surface area contributed by atoms with E-state index in [-0.39, 0.29) is 6.07 Å². The van der Waals surface area contributed by atoms with Crippen LogP contribution in [0.1, 0.15) is 0 Å². The van der Waals surface area contributed by atoms with E-state index in [9.17, 15) is 35.1 Å². The SMILES string of the molecule is Fc1[c]c(F)c(F)c(-c2c(F)cc(F)c(F)c2F)c1F. The van der Waals surface area contributed by atoms with Crippen molar-refractivity contribution >= 4 is 0 Å². The van der Waals surface area contributed by atoms with Crippen molar-refractivity contribution in [3.63, 3.8) is 0 Å². The molecule has 105 valence electrons. The second-order valence-electron chi connectivity index (χ2n) is 3.60. The van der Waals surface area contributed by atoms with Gasteiger partial charge in [0.2, 0.25) is 0 Å². The monoisotopic (exact) mass is 297 g/mol. The summed E-state index contributed by atoms with van der Waals surface area (Å²) in [6, 6.07) is 0.777. The normalized spacial score (nSPS) is 11.0. The average Bonchev–Trinajstić information content (AvgIpc) is 2.38. The predicted molar refractivity (Wildman–Crippen MR) is 50.4 cm³/mol. The van der Waals surface area contributed by atoms with Gasteiger partial charge in [-0.2, -0.15) is 0 Å². The van der Waals surface area contributed by atoms with Crippen molar-refractivity contribution in [2.45, 2.75) is 0 Å². The van der Waals surface area contributed by atoms with Crippen LogP contribution in [0.5, 0.6) is 0 Å². The number of halogens is 8. The van der Waals surface area contributed by atoms with Crippen LogP contribution in [-0.2, 0) is 0 Å². The van der Waals surface area contributed by atoms with Gasteiger partial charge in [-0.1, -0.05) is 0 Å². The van der Waals surface area contributed by atoms with Crippen molar-refractivity contribution in [1.29, 1.82) is 0 Å². The van der Waals surface area contributed by atoms with Gasteiger partial charge < -0.3 is 0 Å². The van der Waals surface area contributed by atoms with E-state index in [1.165, 1.54) is 0 Å². The van der Waals surface area contributed by atoms with Gasteiger partial charge in [-0.25, -0.2) is 35.1 Å². The van der Waals surface area contributed by atoms with Gasteiger partial charge in [-0.3, -0.25) is 0 Å². The minimum Gasteiger partial charge on any atom is -0.206 e. The summed E-state index contributed by atoms with van der Waals surface area (Å²) in [5, 5.41) is 0. The molecule has 0 aliphatic carbocycles. The third-order valence-electron chi connectivity index (χ3n) is 2.41. The summed E-state index contributed by atoms with van der Waals surface area (Å²) < 4.78 is 105. The molecule has 8 heteroatoms. The molecule has 0 bridgehead atoms. The molecule has 0 nitrogen and oxygen atoms in total. The van der Waals surface area contributed by atoms with Crippen LogP contribution in [0.2, 0.25) is 0 Å². The molecule has 0 unspecified atom stereocenters. The van der Waals surface area contributed by atoms with Crippen LogP contribution in [0.25, 0.3) is 11.1 Å². The lowest BCUT2D eigenvalue weighted by atomic mass is 10.0. The zero-order chi connectivity index (χ0) is 15.2. The molecule has 20 heavy (non-hydrogen) atoms. The summed E-state index contributed by atoms with van der Waals surface area (Å²) in [7, 11) is 0. The first-order valence-electron chi connectivity index (χ1n) is 4.84.